The molecular weight excluding hydrogens is 366 g/mol. The van der Waals surface area contributed by atoms with Crippen molar-refractivity contribution in [3.63, 3.8) is 0 Å². The lowest BCUT2D eigenvalue weighted by Crippen LogP contribution is -2.24. The van der Waals surface area contributed by atoms with Gasteiger partial charge in [0, 0.05) is 22.8 Å². The lowest BCUT2D eigenvalue weighted by molar-refractivity contribution is 0.0950. The molecule has 0 radical (unpaired) electrons. The highest BCUT2D eigenvalue weighted by Gasteiger charge is 2.14. The van der Waals surface area contributed by atoms with Gasteiger partial charge >= 0.3 is 0 Å². The van der Waals surface area contributed by atoms with Gasteiger partial charge in [0.05, 0.1) is 4.90 Å². The number of hydrogen-bond donors (Lipinski definition) is 1. The van der Waals surface area contributed by atoms with Crippen LogP contribution in [0, 0.1) is 6.92 Å². The number of hydrogen-bond acceptors (Lipinski definition) is 3. The number of aryl methyl sites for hydroxylation is 1. The first-order chi connectivity index (χ1) is 10.3. The van der Waals surface area contributed by atoms with Gasteiger partial charge in [0.25, 0.3) is 5.91 Å². The van der Waals surface area contributed by atoms with Gasteiger partial charge < -0.3 is 5.32 Å². The van der Waals surface area contributed by atoms with Crippen LogP contribution >= 0.6 is 15.9 Å². The highest BCUT2D eigenvalue weighted by atomic mass is 79.9. The van der Waals surface area contributed by atoms with Crippen molar-refractivity contribution in [1.29, 1.82) is 0 Å². The van der Waals surface area contributed by atoms with Crippen LogP contribution in [0.5, 0.6) is 0 Å². The fourth-order valence-corrected chi connectivity index (χ4v) is 3.09. The zero-order chi connectivity index (χ0) is 16.3. The molecule has 0 heterocycles. The average molecular weight is 382 g/mol. The van der Waals surface area contributed by atoms with E-state index in [1.54, 1.807) is 13.0 Å². The van der Waals surface area contributed by atoms with E-state index < -0.39 is 9.84 Å². The number of sulfone groups is 1. The summed E-state index contributed by atoms with van der Waals surface area (Å²) in [6.45, 7) is 2.15. The summed E-state index contributed by atoms with van der Waals surface area (Å²) >= 11 is 3.38. The van der Waals surface area contributed by atoms with Gasteiger partial charge in [-0.25, -0.2) is 8.42 Å². The lowest BCUT2D eigenvalue weighted by Gasteiger charge is -2.09. The molecule has 0 bridgehead atoms. The average Bonchev–Trinajstić information content (AvgIpc) is 2.44. The van der Waals surface area contributed by atoms with E-state index in [1.807, 2.05) is 24.3 Å². The molecule has 0 aromatic heterocycles. The summed E-state index contributed by atoms with van der Waals surface area (Å²) in [5.74, 6) is -0.289. The van der Waals surface area contributed by atoms with Gasteiger partial charge in [-0.3, -0.25) is 4.79 Å². The van der Waals surface area contributed by atoms with Crippen LogP contribution in [-0.2, 0) is 16.4 Å². The molecule has 0 fully saturated rings. The zero-order valence-corrected chi connectivity index (χ0v) is 14.7. The number of benzene rings is 2. The van der Waals surface area contributed by atoms with E-state index >= 15 is 0 Å². The van der Waals surface area contributed by atoms with Crippen LogP contribution < -0.4 is 5.32 Å². The van der Waals surface area contributed by atoms with Crippen molar-refractivity contribution in [3.8, 4) is 0 Å². The number of carbonyl (C=O) groups excluding carboxylic acids is 1. The molecule has 0 saturated carbocycles. The van der Waals surface area contributed by atoms with Gasteiger partial charge in [-0.05, 0) is 42.3 Å². The highest BCUT2D eigenvalue weighted by molar-refractivity contribution is 9.10. The number of amides is 1. The summed E-state index contributed by atoms with van der Waals surface area (Å²) in [4.78, 5) is 12.4. The monoisotopic (exact) mass is 381 g/mol. The maximum absolute atomic E-state index is 12.3. The predicted octanol–water partition coefficient (Wildman–Crippen LogP) is 3.09. The van der Waals surface area contributed by atoms with E-state index in [4.69, 9.17) is 0 Å². The van der Waals surface area contributed by atoms with E-state index in [9.17, 15) is 13.2 Å². The van der Waals surface area contributed by atoms with E-state index in [2.05, 4.69) is 21.2 Å². The third kappa shape index (κ3) is 4.18. The first-order valence-electron chi connectivity index (χ1n) is 6.61. The lowest BCUT2D eigenvalue weighted by atomic mass is 10.1. The number of rotatable bonds is 4. The van der Waals surface area contributed by atoms with E-state index in [0.717, 1.165) is 21.9 Å². The fourth-order valence-electron chi connectivity index (χ4n) is 2.00. The largest absolute Gasteiger partial charge is 0.348 e. The second-order valence-electron chi connectivity index (χ2n) is 5.06. The Morgan fingerprint density at radius 3 is 2.55 bits per heavy atom. The number of carbonyl (C=O) groups is 1. The number of nitrogens with one attached hydrogen (secondary N) is 1. The summed E-state index contributed by atoms with van der Waals surface area (Å²) in [6.07, 6.45) is 1.13. The Kier molecular flexibility index (Phi) is 5.03. The topological polar surface area (TPSA) is 63.2 Å². The maximum atomic E-state index is 12.3. The van der Waals surface area contributed by atoms with Crippen LogP contribution in [0.3, 0.4) is 0 Å². The SMILES string of the molecule is Cc1ccc(S(C)(=O)=O)cc1C(=O)NCc1cccc(Br)c1. The fraction of sp³-hybridized carbons (Fsp3) is 0.188. The molecule has 0 unspecified atom stereocenters. The molecule has 0 atom stereocenters. The molecule has 1 amide bonds. The van der Waals surface area contributed by atoms with Crippen LogP contribution in [0.25, 0.3) is 0 Å². The van der Waals surface area contributed by atoms with Gasteiger partial charge in [0.1, 0.15) is 0 Å². The molecule has 0 aliphatic carbocycles. The summed E-state index contributed by atoms with van der Waals surface area (Å²) < 4.78 is 24.1. The molecule has 0 spiro atoms. The minimum absolute atomic E-state index is 0.144. The molecule has 0 aliphatic rings. The van der Waals surface area contributed by atoms with Crippen LogP contribution in [0.1, 0.15) is 21.5 Å². The van der Waals surface area contributed by atoms with Crippen LogP contribution in [-0.4, -0.2) is 20.6 Å². The molecule has 0 aliphatic heterocycles. The van der Waals surface area contributed by atoms with E-state index in [1.165, 1.54) is 12.1 Å². The molecule has 6 heteroatoms. The Morgan fingerprint density at radius 2 is 1.91 bits per heavy atom. The van der Waals surface area contributed by atoms with Crippen LogP contribution in [0.4, 0.5) is 0 Å². The normalized spacial score (nSPS) is 11.2. The molecule has 0 saturated heterocycles. The van der Waals surface area contributed by atoms with Gasteiger partial charge in [-0.1, -0.05) is 34.1 Å². The summed E-state index contributed by atoms with van der Waals surface area (Å²) in [7, 11) is -3.33. The second kappa shape index (κ2) is 6.62. The molecule has 2 rings (SSSR count). The Morgan fingerprint density at radius 1 is 1.18 bits per heavy atom. The highest BCUT2D eigenvalue weighted by Crippen LogP contribution is 2.16. The Hall–Kier alpha value is -1.66. The molecule has 2 aromatic carbocycles. The third-order valence-electron chi connectivity index (χ3n) is 3.22. The molecule has 22 heavy (non-hydrogen) atoms. The molecule has 2 aromatic rings. The Balaban J connectivity index is 2.19. The molecular formula is C16H16BrNO3S. The smallest absolute Gasteiger partial charge is 0.251 e. The van der Waals surface area contributed by atoms with E-state index in [0.29, 0.717) is 12.1 Å². The minimum Gasteiger partial charge on any atom is -0.348 e. The summed E-state index contributed by atoms with van der Waals surface area (Å²) in [5, 5.41) is 2.81. The first-order valence-corrected chi connectivity index (χ1v) is 9.29. The van der Waals surface area contributed by atoms with Crippen molar-refractivity contribution in [3.05, 3.63) is 63.6 Å². The summed E-state index contributed by atoms with van der Waals surface area (Å²) in [6, 6.07) is 12.2. The third-order valence-corrected chi connectivity index (χ3v) is 4.83. The van der Waals surface area contributed by atoms with Crippen molar-refractivity contribution >= 4 is 31.7 Å². The van der Waals surface area contributed by atoms with Crippen LogP contribution in [0.15, 0.2) is 51.8 Å². The predicted molar refractivity (Wildman–Crippen MR) is 89.6 cm³/mol. The Labute approximate surface area is 138 Å². The van der Waals surface area contributed by atoms with Crippen LogP contribution in [0.2, 0.25) is 0 Å². The van der Waals surface area contributed by atoms with Gasteiger partial charge in [0.15, 0.2) is 9.84 Å². The van der Waals surface area contributed by atoms with Crippen molar-refractivity contribution in [2.75, 3.05) is 6.26 Å². The second-order valence-corrected chi connectivity index (χ2v) is 7.99. The molecule has 4 nitrogen and oxygen atoms in total. The zero-order valence-electron chi connectivity index (χ0n) is 12.3. The van der Waals surface area contributed by atoms with Crippen molar-refractivity contribution in [1.82, 2.24) is 5.32 Å². The maximum Gasteiger partial charge on any atom is 0.251 e. The number of halogens is 1. The quantitative estimate of drug-likeness (QED) is 0.884. The minimum atomic E-state index is -3.33. The van der Waals surface area contributed by atoms with Crippen molar-refractivity contribution in [2.24, 2.45) is 0 Å². The van der Waals surface area contributed by atoms with Gasteiger partial charge in [-0.2, -0.15) is 0 Å². The Bertz CT molecular complexity index is 816. The van der Waals surface area contributed by atoms with Crippen molar-refractivity contribution < 1.29 is 13.2 Å². The first kappa shape index (κ1) is 16.7. The van der Waals surface area contributed by atoms with Crippen molar-refractivity contribution in [2.45, 2.75) is 18.4 Å². The molecule has 1 N–H and O–H groups in total. The standard InChI is InChI=1S/C16H16BrNO3S/c1-11-6-7-14(22(2,20)21)9-15(11)16(19)18-10-12-4-3-5-13(17)8-12/h3-9H,10H2,1-2H3,(H,18,19). The molecule has 116 valence electrons. The summed E-state index contributed by atoms with van der Waals surface area (Å²) in [5.41, 5.74) is 2.07. The van der Waals surface area contributed by atoms with Gasteiger partial charge in [-0.15, -0.1) is 0 Å². The van der Waals surface area contributed by atoms with E-state index in [-0.39, 0.29) is 10.8 Å². The van der Waals surface area contributed by atoms with Gasteiger partial charge in [0.2, 0.25) is 0 Å².